The Hall–Kier alpha value is -1.97. The Labute approximate surface area is 150 Å². The molecule has 0 amide bonds. The van der Waals surface area contributed by atoms with Gasteiger partial charge in [-0.05, 0) is 29.8 Å². The Morgan fingerprint density at radius 3 is 2.70 bits per heavy atom. The van der Waals surface area contributed by atoms with Gasteiger partial charge in [-0.15, -0.1) is 0 Å². The molecule has 1 atom stereocenters. The molecule has 2 heterocycles. The van der Waals surface area contributed by atoms with Gasteiger partial charge in [-0.1, -0.05) is 44.0 Å². The number of aromatic nitrogens is 3. The molecule has 114 valence electrons. The summed E-state index contributed by atoms with van der Waals surface area (Å²) in [4.78, 5) is 11.6. The van der Waals surface area contributed by atoms with Crippen LogP contribution in [0.1, 0.15) is 17.0 Å². The second-order valence-electron chi connectivity index (χ2n) is 5.11. The SMILES string of the molecule is N#CC(Cc1cnc[nH]1)(c1ccccn1)c1ccc(Br)cc1Br. The highest BCUT2D eigenvalue weighted by atomic mass is 79.9. The minimum Gasteiger partial charge on any atom is -0.348 e. The molecule has 0 aliphatic heterocycles. The molecule has 1 unspecified atom stereocenters. The van der Waals surface area contributed by atoms with Crippen LogP contribution >= 0.6 is 31.9 Å². The Bertz CT molecular complexity index is 841. The van der Waals surface area contributed by atoms with E-state index in [0.29, 0.717) is 12.1 Å². The van der Waals surface area contributed by atoms with Crippen molar-refractivity contribution in [2.75, 3.05) is 0 Å². The van der Waals surface area contributed by atoms with Crippen molar-refractivity contribution in [3.8, 4) is 6.07 Å². The van der Waals surface area contributed by atoms with Crippen LogP contribution < -0.4 is 0 Å². The van der Waals surface area contributed by atoms with Crippen molar-refractivity contribution < 1.29 is 0 Å². The highest BCUT2D eigenvalue weighted by molar-refractivity contribution is 9.11. The molecule has 0 fully saturated rings. The lowest BCUT2D eigenvalue weighted by atomic mass is 9.75. The standard InChI is InChI=1S/C17H12Br2N4/c18-12-4-5-14(15(19)7-12)17(10-20,8-13-9-21-11-23-13)16-3-1-2-6-22-16/h1-7,9,11H,8H2,(H,21,23). The van der Waals surface area contributed by atoms with Crippen LogP contribution in [0.2, 0.25) is 0 Å². The number of nitrogens with zero attached hydrogens (tertiary/aromatic N) is 3. The first-order valence-electron chi connectivity index (χ1n) is 6.91. The van der Waals surface area contributed by atoms with Crippen molar-refractivity contribution in [3.05, 3.63) is 81.0 Å². The van der Waals surface area contributed by atoms with Crippen LogP contribution in [0.3, 0.4) is 0 Å². The molecule has 0 aliphatic rings. The summed E-state index contributed by atoms with van der Waals surface area (Å²) >= 11 is 7.05. The van der Waals surface area contributed by atoms with Gasteiger partial charge in [-0.25, -0.2) is 4.98 Å². The van der Waals surface area contributed by atoms with E-state index in [4.69, 9.17) is 0 Å². The zero-order valence-corrected chi connectivity index (χ0v) is 15.2. The van der Waals surface area contributed by atoms with E-state index in [2.05, 4.69) is 52.9 Å². The average Bonchev–Trinajstić information content (AvgIpc) is 3.07. The molecule has 6 heteroatoms. The van der Waals surface area contributed by atoms with Crippen molar-refractivity contribution in [1.82, 2.24) is 15.0 Å². The second-order valence-corrected chi connectivity index (χ2v) is 6.88. The molecule has 0 bridgehead atoms. The number of pyridine rings is 1. The number of H-pyrrole nitrogens is 1. The van der Waals surface area contributed by atoms with Crippen molar-refractivity contribution in [1.29, 1.82) is 5.26 Å². The predicted octanol–water partition coefficient (Wildman–Crippen LogP) is 4.38. The summed E-state index contributed by atoms with van der Waals surface area (Å²) in [6.07, 6.45) is 5.52. The number of benzene rings is 1. The van der Waals surface area contributed by atoms with E-state index < -0.39 is 5.41 Å². The van der Waals surface area contributed by atoms with Crippen LogP contribution in [-0.4, -0.2) is 15.0 Å². The van der Waals surface area contributed by atoms with Gasteiger partial charge in [0.15, 0.2) is 0 Å². The number of nitriles is 1. The van der Waals surface area contributed by atoms with Crippen molar-refractivity contribution in [3.63, 3.8) is 0 Å². The minimum atomic E-state index is -0.909. The zero-order valence-electron chi connectivity index (χ0n) is 12.0. The monoisotopic (exact) mass is 430 g/mol. The number of rotatable bonds is 4. The summed E-state index contributed by atoms with van der Waals surface area (Å²) in [5.74, 6) is 0. The molecule has 4 nitrogen and oxygen atoms in total. The maximum atomic E-state index is 10.1. The summed E-state index contributed by atoms with van der Waals surface area (Å²) in [5, 5.41) is 10.1. The normalized spacial score (nSPS) is 13.3. The van der Waals surface area contributed by atoms with Gasteiger partial charge in [0.1, 0.15) is 5.41 Å². The summed E-state index contributed by atoms with van der Waals surface area (Å²) in [6.45, 7) is 0. The Kier molecular flexibility index (Phi) is 4.60. The van der Waals surface area contributed by atoms with E-state index in [1.165, 1.54) is 0 Å². The first-order chi connectivity index (χ1) is 11.2. The summed E-state index contributed by atoms with van der Waals surface area (Å²) in [6, 6.07) is 13.9. The Morgan fingerprint density at radius 2 is 2.09 bits per heavy atom. The quantitative estimate of drug-likeness (QED) is 0.666. The number of halogens is 2. The van der Waals surface area contributed by atoms with E-state index >= 15 is 0 Å². The van der Waals surface area contributed by atoms with Gasteiger partial charge in [0, 0.05) is 33.5 Å². The maximum absolute atomic E-state index is 10.1. The Morgan fingerprint density at radius 1 is 1.22 bits per heavy atom. The lowest BCUT2D eigenvalue weighted by Crippen LogP contribution is -2.30. The summed E-state index contributed by atoms with van der Waals surface area (Å²) < 4.78 is 1.81. The van der Waals surface area contributed by atoms with E-state index in [-0.39, 0.29) is 0 Å². The lowest BCUT2D eigenvalue weighted by Gasteiger charge is -2.27. The average molecular weight is 432 g/mol. The molecule has 0 aliphatic carbocycles. The number of nitrogens with one attached hydrogen (secondary N) is 1. The first kappa shape index (κ1) is 15.9. The van der Waals surface area contributed by atoms with Crippen molar-refractivity contribution in [2.24, 2.45) is 0 Å². The van der Waals surface area contributed by atoms with Crippen LogP contribution in [-0.2, 0) is 11.8 Å². The van der Waals surface area contributed by atoms with Crippen LogP contribution in [0, 0.1) is 11.3 Å². The lowest BCUT2D eigenvalue weighted by molar-refractivity contribution is 0.619. The van der Waals surface area contributed by atoms with Gasteiger partial charge < -0.3 is 4.98 Å². The van der Waals surface area contributed by atoms with E-state index in [9.17, 15) is 5.26 Å². The summed E-state index contributed by atoms with van der Waals surface area (Å²) in [5.41, 5.74) is 1.55. The third-order valence-electron chi connectivity index (χ3n) is 3.69. The number of aromatic amines is 1. The smallest absolute Gasteiger partial charge is 0.131 e. The van der Waals surface area contributed by atoms with Gasteiger partial charge in [0.25, 0.3) is 0 Å². The van der Waals surface area contributed by atoms with E-state index in [0.717, 1.165) is 20.2 Å². The molecule has 0 saturated heterocycles. The third-order valence-corrected chi connectivity index (χ3v) is 4.84. The molecule has 0 saturated carbocycles. The van der Waals surface area contributed by atoms with Crippen LogP contribution in [0.4, 0.5) is 0 Å². The van der Waals surface area contributed by atoms with Gasteiger partial charge in [0.2, 0.25) is 0 Å². The molecule has 1 aromatic carbocycles. The first-order valence-corrected chi connectivity index (χ1v) is 8.50. The molecule has 0 spiro atoms. The van der Waals surface area contributed by atoms with E-state index in [1.54, 1.807) is 18.7 Å². The summed E-state index contributed by atoms with van der Waals surface area (Å²) in [7, 11) is 0. The van der Waals surface area contributed by atoms with Gasteiger partial charge in [-0.3, -0.25) is 4.98 Å². The number of hydrogen-bond donors (Lipinski definition) is 1. The number of imidazole rings is 1. The number of hydrogen-bond acceptors (Lipinski definition) is 3. The molecular weight excluding hydrogens is 420 g/mol. The third kappa shape index (κ3) is 3.07. The Balaban J connectivity index is 2.22. The van der Waals surface area contributed by atoms with Crippen LogP contribution in [0.15, 0.2) is 64.1 Å². The van der Waals surface area contributed by atoms with Crippen LogP contribution in [0.5, 0.6) is 0 Å². The van der Waals surface area contributed by atoms with Gasteiger partial charge >= 0.3 is 0 Å². The van der Waals surface area contributed by atoms with Crippen LogP contribution in [0.25, 0.3) is 0 Å². The molecule has 1 N–H and O–H groups in total. The largest absolute Gasteiger partial charge is 0.348 e. The minimum absolute atomic E-state index is 0.459. The fraction of sp³-hybridized carbons (Fsp3) is 0.118. The van der Waals surface area contributed by atoms with Gasteiger partial charge in [-0.2, -0.15) is 5.26 Å². The molecule has 23 heavy (non-hydrogen) atoms. The van der Waals surface area contributed by atoms with E-state index in [1.807, 2.05) is 36.4 Å². The molecule has 2 aromatic heterocycles. The molecule has 3 rings (SSSR count). The fourth-order valence-electron chi connectivity index (χ4n) is 2.60. The topological polar surface area (TPSA) is 65.4 Å². The highest BCUT2D eigenvalue weighted by Crippen LogP contribution is 2.39. The predicted molar refractivity (Wildman–Crippen MR) is 94.8 cm³/mol. The second kappa shape index (κ2) is 6.65. The van der Waals surface area contributed by atoms with Gasteiger partial charge in [0.05, 0.1) is 18.1 Å². The fourth-order valence-corrected chi connectivity index (χ4v) is 3.98. The molecule has 3 aromatic rings. The molecular formula is C17H12Br2N4. The maximum Gasteiger partial charge on any atom is 0.131 e. The highest BCUT2D eigenvalue weighted by Gasteiger charge is 2.38. The zero-order chi connectivity index (χ0) is 16.3. The molecule has 0 radical (unpaired) electrons. The van der Waals surface area contributed by atoms with Crippen molar-refractivity contribution >= 4 is 31.9 Å². The van der Waals surface area contributed by atoms with Crippen molar-refractivity contribution in [2.45, 2.75) is 11.8 Å².